The normalized spacial score (nSPS) is 10.4. The number of pyridine rings is 1. The Morgan fingerprint density at radius 3 is 2.88 bits per heavy atom. The van der Waals surface area contributed by atoms with Crippen molar-refractivity contribution in [2.24, 2.45) is 0 Å². The van der Waals surface area contributed by atoms with E-state index >= 15 is 0 Å². The molecular formula is C11H12Al2NO2. The van der Waals surface area contributed by atoms with Crippen LogP contribution in [0.15, 0.2) is 24.3 Å². The van der Waals surface area contributed by atoms with Crippen molar-refractivity contribution in [3.05, 3.63) is 35.5 Å². The number of rotatable bonds is 3. The summed E-state index contributed by atoms with van der Waals surface area (Å²) in [6, 6.07) is 8.10. The lowest BCUT2D eigenvalue weighted by molar-refractivity contribution is 0.485. The lowest BCUT2D eigenvalue weighted by Gasteiger charge is -2.10. The number of fused-ring (bicyclic) bond motifs is 1. The van der Waals surface area contributed by atoms with Gasteiger partial charge in [-0.2, -0.15) is 0 Å². The van der Waals surface area contributed by atoms with Gasteiger partial charge in [-0.1, -0.05) is 12.1 Å². The fraction of sp³-hybridized carbons (Fsp3) is 0.182. The van der Waals surface area contributed by atoms with Crippen LogP contribution in [0.25, 0.3) is 10.9 Å². The molecule has 5 heteroatoms. The van der Waals surface area contributed by atoms with Crippen molar-refractivity contribution < 1.29 is 6.63 Å². The maximum atomic E-state index is 5.61. The number of aryl methyl sites for hydroxylation is 2. The van der Waals surface area contributed by atoms with Crippen LogP contribution in [-0.4, -0.2) is 37.5 Å². The average Bonchev–Trinajstić information content (AvgIpc) is 2.26. The van der Waals surface area contributed by atoms with E-state index in [-0.39, 0.29) is 0 Å². The minimum atomic E-state index is -0.398. The molecule has 3 nitrogen and oxygen atoms in total. The lowest BCUT2D eigenvalue weighted by Crippen LogP contribution is -2.06. The standard InChI is InChI=1S/C11H11NO.2Al.O.2H/c1-7-6-8(2)12-11-9(7)4-3-5-10(11)13;;;;;/h3-6,13H,1-2H3;;;;;/q;;+1;;;/p-1. The molecule has 1 aromatic carbocycles. The lowest BCUT2D eigenvalue weighted by atomic mass is 10.1. The summed E-state index contributed by atoms with van der Waals surface area (Å²) in [5, 5.41) is 1.15. The van der Waals surface area contributed by atoms with E-state index in [0.717, 1.165) is 39.0 Å². The smallest absolute Gasteiger partial charge is 0.626 e. The van der Waals surface area contributed by atoms with Crippen LogP contribution in [0.3, 0.4) is 0 Å². The summed E-state index contributed by atoms with van der Waals surface area (Å²) in [6.07, 6.45) is 0. The summed E-state index contributed by atoms with van der Waals surface area (Å²) in [5.41, 5.74) is 3.18. The van der Waals surface area contributed by atoms with Crippen LogP contribution < -0.4 is 3.79 Å². The fourth-order valence-corrected chi connectivity index (χ4v) is 2.43. The molecule has 0 unspecified atom stereocenters. The molecule has 2 rings (SSSR count). The van der Waals surface area contributed by atoms with E-state index in [0.29, 0.717) is 0 Å². The molecule has 0 bridgehead atoms. The number of hydrogen-bond donors (Lipinski definition) is 0. The summed E-state index contributed by atoms with van der Waals surface area (Å²) < 4.78 is 10.7. The van der Waals surface area contributed by atoms with Gasteiger partial charge in [-0.3, -0.25) is 0 Å². The number of nitrogens with zero attached hydrogens (tertiary/aromatic N) is 1. The summed E-state index contributed by atoms with van der Waals surface area (Å²) in [5.74, 6) is 0.829. The van der Waals surface area contributed by atoms with Crippen LogP contribution in [0.4, 0.5) is 0 Å². The summed E-state index contributed by atoms with van der Waals surface area (Å²) in [4.78, 5) is 4.53. The average molecular weight is 244 g/mol. The molecule has 0 saturated heterocycles. The second-order valence-electron chi connectivity index (χ2n) is 3.68. The minimum Gasteiger partial charge on any atom is -0.626 e. The molecular weight excluding hydrogens is 232 g/mol. The van der Waals surface area contributed by atoms with Gasteiger partial charge in [0.15, 0.2) is 0 Å². The molecule has 0 aliphatic carbocycles. The SMILES string of the molecule is Cc1cc(C)c2cccc([O][Al][O][AlH2])c2n1. The highest BCUT2D eigenvalue weighted by Crippen LogP contribution is 2.26. The summed E-state index contributed by atoms with van der Waals surface area (Å²) >= 11 is 0.320. The van der Waals surface area contributed by atoms with E-state index in [4.69, 9.17) is 6.63 Å². The molecule has 1 heterocycles. The van der Waals surface area contributed by atoms with E-state index in [9.17, 15) is 0 Å². The van der Waals surface area contributed by atoms with Crippen molar-refractivity contribution in [1.29, 1.82) is 0 Å². The zero-order valence-electron chi connectivity index (χ0n) is 9.65. The van der Waals surface area contributed by atoms with Gasteiger partial charge in [-0.25, -0.2) is 4.98 Å². The predicted octanol–water partition coefficient (Wildman–Crippen LogP) is 1.33. The Morgan fingerprint density at radius 1 is 1.31 bits per heavy atom. The van der Waals surface area contributed by atoms with Crippen LogP contribution in [0.1, 0.15) is 11.3 Å². The highest BCUT2D eigenvalue weighted by atomic mass is 27.2. The Kier molecular flexibility index (Phi) is 3.87. The molecule has 1 aromatic heterocycles. The molecule has 0 saturated carbocycles. The van der Waals surface area contributed by atoms with E-state index < -0.39 is 15.9 Å². The van der Waals surface area contributed by atoms with E-state index in [2.05, 4.69) is 24.0 Å². The Morgan fingerprint density at radius 2 is 2.12 bits per heavy atom. The van der Waals surface area contributed by atoms with Crippen LogP contribution in [-0.2, 0) is 2.84 Å². The van der Waals surface area contributed by atoms with Crippen LogP contribution in [0.2, 0.25) is 0 Å². The Balaban J connectivity index is 2.57. The quantitative estimate of drug-likeness (QED) is 0.763. The van der Waals surface area contributed by atoms with Gasteiger partial charge in [0.25, 0.3) is 0 Å². The topological polar surface area (TPSA) is 31.4 Å². The number of para-hydroxylation sites is 1. The van der Waals surface area contributed by atoms with Crippen LogP contribution in [0.5, 0.6) is 5.75 Å². The van der Waals surface area contributed by atoms with Gasteiger partial charge in [0.2, 0.25) is 0 Å². The minimum absolute atomic E-state index is 0.398. The van der Waals surface area contributed by atoms with E-state index in [1.54, 1.807) is 0 Å². The van der Waals surface area contributed by atoms with Gasteiger partial charge in [0.1, 0.15) is 11.3 Å². The van der Waals surface area contributed by atoms with Gasteiger partial charge in [0, 0.05) is 11.1 Å². The molecule has 0 spiro atoms. The third kappa shape index (κ3) is 2.41. The Hall–Kier alpha value is -0.545. The van der Waals surface area contributed by atoms with Gasteiger partial charge in [-0.15, -0.1) is 0 Å². The molecule has 0 aliphatic heterocycles. The largest absolute Gasteiger partial charge is 0.741 e. The number of aromatic nitrogens is 1. The second kappa shape index (κ2) is 5.19. The van der Waals surface area contributed by atoms with E-state index in [1.165, 1.54) is 5.56 Å². The first kappa shape index (κ1) is 11.9. The van der Waals surface area contributed by atoms with Gasteiger partial charge >= 0.3 is 32.5 Å². The molecule has 0 fully saturated rings. The highest BCUT2D eigenvalue weighted by molar-refractivity contribution is 6.28. The van der Waals surface area contributed by atoms with Crippen molar-refractivity contribution >= 4 is 43.4 Å². The molecule has 79 valence electrons. The van der Waals surface area contributed by atoms with Crippen molar-refractivity contribution in [2.75, 3.05) is 0 Å². The molecule has 0 N–H and O–H groups in total. The highest BCUT2D eigenvalue weighted by Gasteiger charge is 2.07. The Bertz CT molecular complexity index is 517. The fourth-order valence-electron chi connectivity index (χ4n) is 1.75. The summed E-state index contributed by atoms with van der Waals surface area (Å²) in [6.45, 7) is 4.09. The molecule has 1 radical (unpaired) electrons. The second-order valence-corrected chi connectivity index (χ2v) is 6.00. The van der Waals surface area contributed by atoms with Gasteiger partial charge < -0.3 is 6.63 Å². The maximum Gasteiger partial charge on any atom is 0.741 e. The first-order valence-corrected chi connectivity index (χ1v) is 6.86. The first-order valence-electron chi connectivity index (χ1n) is 5.10. The molecule has 16 heavy (non-hydrogen) atoms. The van der Waals surface area contributed by atoms with Crippen molar-refractivity contribution in [3.63, 3.8) is 0 Å². The molecule has 2 aromatic rings. The van der Waals surface area contributed by atoms with Crippen molar-refractivity contribution in [2.45, 2.75) is 13.8 Å². The van der Waals surface area contributed by atoms with Gasteiger partial charge in [0.05, 0.1) is 0 Å². The molecule has 0 atom stereocenters. The predicted molar refractivity (Wildman–Crippen MR) is 67.2 cm³/mol. The van der Waals surface area contributed by atoms with Crippen LogP contribution in [0, 0.1) is 13.8 Å². The third-order valence-electron chi connectivity index (χ3n) is 2.41. The Labute approximate surface area is 110 Å². The zero-order chi connectivity index (χ0) is 11.5. The maximum absolute atomic E-state index is 5.61. The zero-order valence-corrected chi connectivity index (χ0v) is 12.8. The number of benzene rings is 1. The van der Waals surface area contributed by atoms with Gasteiger partial charge in [-0.05, 0) is 31.5 Å². The third-order valence-corrected chi connectivity index (χ3v) is 3.53. The number of hydrogen-bond acceptors (Lipinski definition) is 3. The monoisotopic (exact) mass is 244 g/mol. The first-order chi connectivity index (χ1) is 7.72. The molecule has 0 amide bonds. The van der Waals surface area contributed by atoms with Crippen molar-refractivity contribution in [1.82, 2.24) is 4.98 Å². The molecule has 0 aliphatic rings. The van der Waals surface area contributed by atoms with Crippen LogP contribution >= 0.6 is 0 Å². The summed E-state index contributed by atoms with van der Waals surface area (Å²) in [7, 11) is 0. The van der Waals surface area contributed by atoms with Crippen molar-refractivity contribution in [3.8, 4) is 5.75 Å². The van der Waals surface area contributed by atoms with E-state index in [1.807, 2.05) is 19.1 Å².